The van der Waals surface area contributed by atoms with Gasteiger partial charge in [-0.05, 0) is 6.92 Å². The van der Waals surface area contributed by atoms with Crippen LogP contribution in [-0.2, 0) is 4.74 Å². The number of aliphatic hydroxyl groups excluding tert-OH is 1. The molecule has 0 radical (unpaired) electrons. The Hall–Kier alpha value is -1.12. The molecule has 5 nitrogen and oxygen atoms in total. The highest BCUT2D eigenvalue weighted by Gasteiger charge is 2.47. The lowest BCUT2D eigenvalue weighted by Crippen LogP contribution is -2.36. The highest BCUT2D eigenvalue weighted by molar-refractivity contribution is 7.71. The number of halogens is 2. The summed E-state index contributed by atoms with van der Waals surface area (Å²) in [6.45, 7) is 0.870. The molecule has 0 aliphatic carbocycles. The normalized spacial score (nSPS) is 31.8. The number of aliphatic hydroxyl groups is 1. The molecule has 1 unspecified atom stereocenters. The van der Waals surface area contributed by atoms with Gasteiger partial charge in [0.05, 0.1) is 18.9 Å². The third-order valence-electron chi connectivity index (χ3n) is 2.84. The molecule has 2 N–H and O–H groups in total. The van der Waals surface area contributed by atoms with Crippen molar-refractivity contribution >= 4 is 12.2 Å². The first kappa shape index (κ1) is 13.3. The van der Waals surface area contributed by atoms with E-state index in [2.05, 4.69) is 17.2 Å². The zero-order chi connectivity index (χ0) is 13.5. The molecule has 2 heterocycles. The lowest BCUT2D eigenvalue weighted by molar-refractivity contribution is -0.0615. The molecule has 0 bridgehead atoms. The maximum Gasteiger partial charge on any atom is 0.328 e. The molecule has 0 amide bonds. The SMILES string of the molecule is CC1(F)C[C@@H](CO)O[C@H]1n1cc(F)c(=S)[nH]c1=O. The predicted molar refractivity (Wildman–Crippen MR) is 61.0 cm³/mol. The molecular formula is C10H12F2N2O3S. The van der Waals surface area contributed by atoms with Gasteiger partial charge in [-0.2, -0.15) is 0 Å². The number of ether oxygens (including phenoxy) is 1. The molecule has 100 valence electrons. The molecule has 1 aromatic rings. The average molecular weight is 278 g/mol. The van der Waals surface area contributed by atoms with Crippen LogP contribution in [0, 0.1) is 10.5 Å². The first-order chi connectivity index (χ1) is 8.35. The predicted octanol–water partition coefficient (Wildman–Crippen LogP) is 1.05. The second-order valence-electron chi connectivity index (χ2n) is 4.42. The molecule has 2 rings (SSSR count). The molecule has 0 spiro atoms. The van der Waals surface area contributed by atoms with Crippen molar-refractivity contribution in [2.24, 2.45) is 0 Å². The zero-order valence-corrected chi connectivity index (χ0v) is 10.3. The second-order valence-corrected chi connectivity index (χ2v) is 4.83. The Kier molecular flexibility index (Phi) is 3.35. The van der Waals surface area contributed by atoms with E-state index in [9.17, 15) is 13.6 Å². The number of alkyl halides is 1. The van der Waals surface area contributed by atoms with E-state index in [1.807, 2.05) is 0 Å². The number of hydrogen-bond donors (Lipinski definition) is 2. The quantitative estimate of drug-likeness (QED) is 0.794. The Labute approximate surface area is 106 Å². The van der Waals surface area contributed by atoms with Crippen LogP contribution in [0.4, 0.5) is 8.78 Å². The Balaban J connectivity index is 2.46. The van der Waals surface area contributed by atoms with Gasteiger partial charge in [-0.15, -0.1) is 0 Å². The van der Waals surface area contributed by atoms with E-state index in [-0.39, 0.29) is 17.7 Å². The van der Waals surface area contributed by atoms with Gasteiger partial charge in [0.15, 0.2) is 17.7 Å². The van der Waals surface area contributed by atoms with Crippen molar-refractivity contribution in [3.63, 3.8) is 0 Å². The summed E-state index contributed by atoms with van der Waals surface area (Å²) in [6.07, 6.45) is -1.27. The van der Waals surface area contributed by atoms with Gasteiger partial charge in [0.25, 0.3) is 0 Å². The van der Waals surface area contributed by atoms with Gasteiger partial charge in [-0.1, -0.05) is 12.2 Å². The lowest BCUT2D eigenvalue weighted by Gasteiger charge is -2.22. The number of rotatable bonds is 2. The van der Waals surface area contributed by atoms with Crippen molar-refractivity contribution in [1.82, 2.24) is 9.55 Å². The molecule has 0 aromatic carbocycles. The Morgan fingerprint density at radius 1 is 1.78 bits per heavy atom. The standard InChI is InChI=1S/C10H12F2N2O3S/c1-10(12)2-5(4-15)17-8(10)14-3-6(11)7(18)13-9(14)16/h3,5,8,15H,2,4H2,1H3,(H,13,16,18)/t5-,8+,10?/m0/s1. The molecule has 0 saturated carbocycles. The summed E-state index contributed by atoms with van der Waals surface area (Å²) in [5.41, 5.74) is -2.63. The molecule has 1 saturated heterocycles. The second kappa shape index (κ2) is 4.52. The van der Waals surface area contributed by atoms with Crippen LogP contribution in [0.15, 0.2) is 11.0 Å². The Morgan fingerprint density at radius 2 is 2.44 bits per heavy atom. The summed E-state index contributed by atoms with van der Waals surface area (Å²) < 4.78 is 33.2. The third-order valence-corrected chi connectivity index (χ3v) is 3.14. The zero-order valence-electron chi connectivity index (χ0n) is 9.52. The van der Waals surface area contributed by atoms with Crippen molar-refractivity contribution in [1.29, 1.82) is 0 Å². The number of hydrogen-bond acceptors (Lipinski definition) is 4. The maximum absolute atomic E-state index is 14.3. The molecule has 1 aliphatic rings. The molecule has 1 aliphatic heterocycles. The molecular weight excluding hydrogens is 266 g/mol. The first-order valence-corrected chi connectivity index (χ1v) is 5.72. The molecule has 3 atom stereocenters. The fourth-order valence-corrected chi connectivity index (χ4v) is 2.16. The summed E-state index contributed by atoms with van der Waals surface area (Å²) in [7, 11) is 0. The van der Waals surface area contributed by atoms with Gasteiger partial charge in [-0.3, -0.25) is 9.55 Å². The van der Waals surface area contributed by atoms with E-state index in [1.54, 1.807) is 0 Å². The van der Waals surface area contributed by atoms with Crippen molar-refractivity contribution in [2.75, 3.05) is 6.61 Å². The number of aromatic amines is 1. The van der Waals surface area contributed by atoms with Crippen molar-refractivity contribution in [3.8, 4) is 0 Å². The van der Waals surface area contributed by atoms with Gasteiger partial charge in [0.1, 0.15) is 4.64 Å². The first-order valence-electron chi connectivity index (χ1n) is 5.31. The molecule has 8 heteroatoms. The summed E-state index contributed by atoms with van der Waals surface area (Å²) in [5, 5.41) is 8.95. The summed E-state index contributed by atoms with van der Waals surface area (Å²) in [4.78, 5) is 13.7. The van der Waals surface area contributed by atoms with Crippen LogP contribution in [0.1, 0.15) is 19.6 Å². The van der Waals surface area contributed by atoms with Crippen LogP contribution in [0.25, 0.3) is 0 Å². The highest BCUT2D eigenvalue weighted by Crippen LogP contribution is 2.40. The molecule has 1 aromatic heterocycles. The number of nitrogens with one attached hydrogen (secondary N) is 1. The summed E-state index contributed by atoms with van der Waals surface area (Å²) >= 11 is 4.56. The van der Waals surface area contributed by atoms with Crippen molar-refractivity contribution in [3.05, 3.63) is 27.1 Å². The van der Waals surface area contributed by atoms with Gasteiger partial charge in [0.2, 0.25) is 0 Å². The van der Waals surface area contributed by atoms with Crippen LogP contribution in [-0.4, -0.2) is 33.0 Å². The van der Waals surface area contributed by atoms with Crippen LogP contribution >= 0.6 is 12.2 Å². The van der Waals surface area contributed by atoms with E-state index in [4.69, 9.17) is 9.84 Å². The number of nitrogens with zero attached hydrogens (tertiary/aromatic N) is 1. The van der Waals surface area contributed by atoms with Gasteiger partial charge in [-0.25, -0.2) is 13.6 Å². The number of H-pyrrole nitrogens is 1. The van der Waals surface area contributed by atoms with Crippen LogP contribution in [0.5, 0.6) is 0 Å². The van der Waals surface area contributed by atoms with E-state index in [0.717, 1.165) is 10.8 Å². The smallest absolute Gasteiger partial charge is 0.328 e. The Bertz CT molecular complexity index is 569. The van der Waals surface area contributed by atoms with Crippen molar-refractivity contribution in [2.45, 2.75) is 31.3 Å². The van der Waals surface area contributed by atoms with Crippen LogP contribution < -0.4 is 5.69 Å². The summed E-state index contributed by atoms with van der Waals surface area (Å²) in [6, 6.07) is 0. The minimum atomic E-state index is -1.87. The average Bonchev–Trinajstić information content (AvgIpc) is 2.59. The molecule has 1 fully saturated rings. The fraction of sp³-hybridized carbons (Fsp3) is 0.600. The highest BCUT2D eigenvalue weighted by atomic mass is 32.1. The fourth-order valence-electron chi connectivity index (χ4n) is 2.02. The topological polar surface area (TPSA) is 67.2 Å². The minimum Gasteiger partial charge on any atom is -0.394 e. The van der Waals surface area contributed by atoms with Gasteiger partial charge < -0.3 is 9.84 Å². The van der Waals surface area contributed by atoms with Gasteiger partial charge in [0, 0.05) is 6.42 Å². The lowest BCUT2D eigenvalue weighted by atomic mass is 10.0. The van der Waals surface area contributed by atoms with Gasteiger partial charge >= 0.3 is 5.69 Å². The van der Waals surface area contributed by atoms with Crippen LogP contribution in [0.2, 0.25) is 0 Å². The van der Waals surface area contributed by atoms with Crippen LogP contribution in [0.3, 0.4) is 0 Å². The largest absolute Gasteiger partial charge is 0.394 e. The van der Waals surface area contributed by atoms with Crippen molar-refractivity contribution < 1.29 is 18.6 Å². The third kappa shape index (κ3) is 2.23. The van der Waals surface area contributed by atoms with E-state index in [0.29, 0.717) is 0 Å². The van der Waals surface area contributed by atoms with E-state index >= 15 is 0 Å². The maximum atomic E-state index is 14.3. The van der Waals surface area contributed by atoms with E-state index in [1.165, 1.54) is 6.92 Å². The Morgan fingerprint density at radius 3 is 3.00 bits per heavy atom. The molecule has 18 heavy (non-hydrogen) atoms. The monoisotopic (exact) mass is 278 g/mol. The number of aromatic nitrogens is 2. The summed E-state index contributed by atoms with van der Waals surface area (Å²) in [5.74, 6) is -0.837. The minimum absolute atomic E-state index is 0.0716. The van der Waals surface area contributed by atoms with E-state index < -0.39 is 29.5 Å².